The van der Waals surface area contributed by atoms with E-state index in [9.17, 15) is 14.5 Å². The van der Waals surface area contributed by atoms with E-state index in [1.54, 1.807) is 18.3 Å². The van der Waals surface area contributed by atoms with Crippen LogP contribution in [0.3, 0.4) is 0 Å². The molecule has 1 fully saturated rings. The number of fused-ring (bicyclic) bond motifs is 1. The Morgan fingerprint density at radius 3 is 2.75 bits per heavy atom. The average Bonchev–Trinajstić information content (AvgIpc) is 3.16. The second-order valence-electron chi connectivity index (χ2n) is 8.75. The number of nitrogens with zero attached hydrogens (tertiary/aromatic N) is 4. The van der Waals surface area contributed by atoms with Crippen molar-refractivity contribution in [1.29, 1.82) is 0 Å². The zero-order valence-electron chi connectivity index (χ0n) is 18.1. The highest BCUT2D eigenvalue weighted by atomic mass is 35.5. The van der Waals surface area contributed by atoms with Gasteiger partial charge in [0.2, 0.25) is 5.28 Å². The lowest BCUT2D eigenvalue weighted by Gasteiger charge is -2.18. The van der Waals surface area contributed by atoms with Gasteiger partial charge in [-0.15, -0.1) is 11.3 Å². The summed E-state index contributed by atoms with van der Waals surface area (Å²) in [6, 6.07) is 3.40. The van der Waals surface area contributed by atoms with E-state index in [-0.39, 0.29) is 23.1 Å². The van der Waals surface area contributed by atoms with Crippen LogP contribution in [0.5, 0.6) is 0 Å². The third-order valence-corrected chi connectivity index (χ3v) is 8.27. The summed E-state index contributed by atoms with van der Waals surface area (Å²) >= 11 is 6.27. The van der Waals surface area contributed by atoms with Gasteiger partial charge in [-0.1, -0.05) is 4.40 Å². The van der Waals surface area contributed by atoms with Crippen molar-refractivity contribution in [2.45, 2.75) is 57.2 Å². The van der Waals surface area contributed by atoms with Gasteiger partial charge in [0.1, 0.15) is 21.9 Å². The maximum Gasteiger partial charge on any atom is 0.413 e. The number of aromatic nitrogens is 2. The first kappa shape index (κ1) is 23.0. The minimum atomic E-state index is -1.35. The predicted molar refractivity (Wildman–Crippen MR) is 127 cm³/mol. The monoisotopic (exact) mass is 494 g/mol. The number of halogens is 1. The summed E-state index contributed by atoms with van der Waals surface area (Å²) < 4.78 is 22.3. The summed E-state index contributed by atoms with van der Waals surface area (Å²) in [6.07, 6.45) is 3.85. The number of carbonyl (C=O) groups is 1. The number of hydrogen-bond donors (Lipinski definition) is 1. The largest absolute Gasteiger partial charge is 0.591 e. The van der Waals surface area contributed by atoms with Crippen molar-refractivity contribution in [3.63, 3.8) is 0 Å². The molecule has 1 unspecified atom stereocenters. The van der Waals surface area contributed by atoms with E-state index in [0.717, 1.165) is 28.2 Å². The fraction of sp³-hybridized carbons (Fsp3) is 0.429. The number of furan rings is 1. The summed E-state index contributed by atoms with van der Waals surface area (Å²) in [5.74, 6) is 0.702. The van der Waals surface area contributed by atoms with Gasteiger partial charge in [-0.2, -0.15) is 4.98 Å². The first-order chi connectivity index (χ1) is 15.0. The Morgan fingerprint density at radius 2 is 2.19 bits per heavy atom. The molecule has 0 bridgehead atoms. The molecule has 0 aliphatic heterocycles. The van der Waals surface area contributed by atoms with E-state index in [2.05, 4.69) is 14.4 Å². The number of thiophene rings is 1. The zero-order valence-corrected chi connectivity index (χ0v) is 20.5. The molecule has 1 atom stereocenters. The highest BCUT2D eigenvalue weighted by Crippen LogP contribution is 2.53. The molecule has 1 aliphatic rings. The van der Waals surface area contributed by atoms with Crippen molar-refractivity contribution >= 4 is 62.6 Å². The molecule has 11 heteroatoms. The molecular formula is C21H23ClN4O4S2. The molecule has 3 heterocycles. The van der Waals surface area contributed by atoms with E-state index in [1.165, 1.54) is 17.6 Å². The second kappa shape index (κ2) is 8.33. The fourth-order valence-corrected chi connectivity index (χ4v) is 5.59. The van der Waals surface area contributed by atoms with Crippen LogP contribution in [0.15, 0.2) is 27.2 Å². The van der Waals surface area contributed by atoms with Crippen LogP contribution in [0.25, 0.3) is 10.2 Å². The molecule has 1 saturated carbocycles. The lowest BCUT2D eigenvalue weighted by molar-refractivity contribution is 0.200. The Kier molecular flexibility index (Phi) is 6.00. The van der Waals surface area contributed by atoms with Gasteiger partial charge in [-0.3, -0.25) is 4.90 Å². The number of amides is 1. The van der Waals surface area contributed by atoms with Crippen LogP contribution in [0.2, 0.25) is 5.28 Å². The molecule has 170 valence electrons. The predicted octanol–water partition coefficient (Wildman–Crippen LogP) is 5.50. The van der Waals surface area contributed by atoms with Crippen LogP contribution in [-0.2, 0) is 23.3 Å². The highest BCUT2D eigenvalue weighted by Gasteiger charge is 2.47. The van der Waals surface area contributed by atoms with Crippen molar-refractivity contribution < 1.29 is 18.9 Å². The Bertz CT molecular complexity index is 1180. The summed E-state index contributed by atoms with van der Waals surface area (Å²) in [5, 5.41) is 9.85. The van der Waals surface area contributed by atoms with Crippen LogP contribution in [0.4, 0.5) is 10.6 Å². The lowest BCUT2D eigenvalue weighted by atomic mass is 10.0. The SMILES string of the molecule is Cc1c(C2(C=N[S+]([O-])C(C)(C)C)CC2)sc2c(N(Cc3ccco3)C(=O)O)nc(Cl)nc12. The van der Waals surface area contributed by atoms with Crippen molar-refractivity contribution in [3.8, 4) is 0 Å². The van der Waals surface area contributed by atoms with Gasteiger partial charge < -0.3 is 14.1 Å². The van der Waals surface area contributed by atoms with Gasteiger partial charge in [-0.05, 0) is 69.8 Å². The highest BCUT2D eigenvalue weighted by molar-refractivity contribution is 7.91. The van der Waals surface area contributed by atoms with Gasteiger partial charge in [0.25, 0.3) is 0 Å². The summed E-state index contributed by atoms with van der Waals surface area (Å²) in [7, 11) is 0. The minimum absolute atomic E-state index is 0.00573. The Hall–Kier alpha value is -2.14. The van der Waals surface area contributed by atoms with Gasteiger partial charge >= 0.3 is 6.09 Å². The normalized spacial score (nSPS) is 16.6. The molecular weight excluding hydrogens is 472 g/mol. The third-order valence-electron chi connectivity index (χ3n) is 5.26. The quantitative estimate of drug-likeness (QED) is 0.275. The van der Waals surface area contributed by atoms with E-state index in [1.807, 2.05) is 27.7 Å². The molecule has 1 aliphatic carbocycles. The van der Waals surface area contributed by atoms with E-state index >= 15 is 0 Å². The van der Waals surface area contributed by atoms with Crippen LogP contribution in [0.1, 0.15) is 49.8 Å². The zero-order chi connectivity index (χ0) is 23.3. The number of anilines is 1. The molecule has 3 aromatic rings. The summed E-state index contributed by atoms with van der Waals surface area (Å²) in [4.78, 5) is 22.8. The van der Waals surface area contributed by atoms with Gasteiger partial charge in [0.15, 0.2) is 5.82 Å². The van der Waals surface area contributed by atoms with Crippen molar-refractivity contribution in [2.75, 3.05) is 4.90 Å². The third kappa shape index (κ3) is 4.36. The molecule has 0 aromatic carbocycles. The smallest absolute Gasteiger partial charge is 0.413 e. The van der Waals surface area contributed by atoms with Crippen LogP contribution in [0, 0.1) is 6.92 Å². The fourth-order valence-electron chi connectivity index (χ4n) is 3.35. The topological polar surface area (TPSA) is 115 Å². The van der Waals surface area contributed by atoms with Gasteiger partial charge in [0.05, 0.1) is 29.2 Å². The Balaban J connectivity index is 1.79. The molecule has 1 amide bonds. The number of carboxylic acid groups (broad SMARTS) is 1. The molecule has 1 N–H and O–H groups in total. The number of hydrogen-bond acceptors (Lipinski definition) is 7. The van der Waals surface area contributed by atoms with Gasteiger partial charge in [-0.25, -0.2) is 9.78 Å². The standard InChI is InChI=1S/C21H23ClN4O4S2/c1-12-14-15(31-16(12)21(7-8-21)11-23-32(29)20(2,3)4)17(25-18(22)24-14)26(19(27)28)10-13-6-5-9-30-13/h5-6,9,11H,7-8,10H2,1-4H3,(H,27,28). The molecule has 32 heavy (non-hydrogen) atoms. The summed E-state index contributed by atoms with van der Waals surface area (Å²) in [6.45, 7) is 7.58. The number of aryl methyl sites for hydroxylation is 1. The average molecular weight is 495 g/mol. The summed E-state index contributed by atoms with van der Waals surface area (Å²) in [5.41, 5.74) is 1.20. The van der Waals surface area contributed by atoms with E-state index in [0.29, 0.717) is 16.0 Å². The van der Waals surface area contributed by atoms with E-state index < -0.39 is 22.2 Å². The van der Waals surface area contributed by atoms with Crippen molar-refractivity contribution in [2.24, 2.45) is 4.40 Å². The lowest BCUT2D eigenvalue weighted by Crippen LogP contribution is -2.29. The molecule has 8 nitrogen and oxygen atoms in total. The van der Waals surface area contributed by atoms with Crippen LogP contribution in [-0.4, -0.2) is 36.7 Å². The van der Waals surface area contributed by atoms with Crippen LogP contribution < -0.4 is 4.90 Å². The Labute approximate surface area is 197 Å². The maximum atomic E-state index is 12.4. The molecule has 3 aromatic heterocycles. The van der Waals surface area contributed by atoms with E-state index in [4.69, 9.17) is 16.0 Å². The van der Waals surface area contributed by atoms with Crippen LogP contribution >= 0.6 is 22.9 Å². The minimum Gasteiger partial charge on any atom is -0.591 e. The molecule has 0 saturated heterocycles. The molecule has 0 spiro atoms. The maximum absolute atomic E-state index is 12.4. The Morgan fingerprint density at radius 1 is 1.47 bits per heavy atom. The van der Waals surface area contributed by atoms with Crippen molar-refractivity contribution in [1.82, 2.24) is 9.97 Å². The molecule has 4 rings (SSSR count). The first-order valence-corrected chi connectivity index (χ1v) is 12.3. The van der Waals surface area contributed by atoms with Gasteiger partial charge in [0, 0.05) is 10.3 Å². The number of rotatable bonds is 6. The second-order valence-corrected chi connectivity index (χ2v) is 12.0. The first-order valence-electron chi connectivity index (χ1n) is 9.99. The van der Waals surface area contributed by atoms with Crippen molar-refractivity contribution in [3.05, 3.63) is 39.9 Å². The molecule has 0 radical (unpaired) electrons.